The van der Waals surface area contributed by atoms with Crippen LogP contribution >= 0.6 is 11.6 Å². The maximum atomic E-state index is 12.9. The number of fused-ring (bicyclic) bond motifs is 1. The minimum absolute atomic E-state index is 0.0474. The molecule has 2 aliphatic rings. The van der Waals surface area contributed by atoms with Gasteiger partial charge in [0.2, 0.25) is 5.91 Å². The van der Waals surface area contributed by atoms with E-state index in [0.29, 0.717) is 25.2 Å². The van der Waals surface area contributed by atoms with Crippen molar-refractivity contribution in [1.29, 1.82) is 0 Å². The summed E-state index contributed by atoms with van der Waals surface area (Å²) in [5, 5.41) is 0.729. The van der Waals surface area contributed by atoms with Crippen LogP contribution in [0.4, 0.5) is 11.4 Å². The third-order valence-corrected chi connectivity index (χ3v) is 5.61. The second-order valence-electron chi connectivity index (χ2n) is 7.02. The van der Waals surface area contributed by atoms with Crippen LogP contribution in [0.25, 0.3) is 0 Å². The molecule has 5 nitrogen and oxygen atoms in total. The molecule has 0 atom stereocenters. The molecule has 27 heavy (non-hydrogen) atoms. The molecule has 2 aliphatic heterocycles. The van der Waals surface area contributed by atoms with Gasteiger partial charge in [0.1, 0.15) is 0 Å². The van der Waals surface area contributed by atoms with E-state index in [4.69, 9.17) is 11.6 Å². The molecule has 4 rings (SSSR count). The standard InChI is InChI=1S/C21H22ClN3O2/c1-15(26)25-9-8-16-14-17(2-7-20(16)25)21(27)24-12-10-23(11-13-24)19-5-3-18(22)4-6-19/h2-7,14H,8-13H2,1H3. The lowest BCUT2D eigenvalue weighted by Gasteiger charge is -2.36. The van der Waals surface area contributed by atoms with E-state index in [-0.39, 0.29) is 11.8 Å². The van der Waals surface area contributed by atoms with Crippen molar-refractivity contribution in [1.82, 2.24) is 4.90 Å². The molecular formula is C21H22ClN3O2. The van der Waals surface area contributed by atoms with Crippen molar-refractivity contribution < 1.29 is 9.59 Å². The summed E-state index contributed by atoms with van der Waals surface area (Å²) in [7, 11) is 0. The van der Waals surface area contributed by atoms with Gasteiger partial charge in [-0.25, -0.2) is 0 Å². The number of halogens is 1. The largest absolute Gasteiger partial charge is 0.368 e. The van der Waals surface area contributed by atoms with Gasteiger partial charge < -0.3 is 14.7 Å². The molecule has 2 aromatic carbocycles. The Bertz CT molecular complexity index is 873. The first-order valence-electron chi connectivity index (χ1n) is 9.24. The highest BCUT2D eigenvalue weighted by Crippen LogP contribution is 2.29. The minimum atomic E-state index is 0.0474. The number of hydrogen-bond acceptors (Lipinski definition) is 3. The quantitative estimate of drug-likeness (QED) is 0.799. The molecule has 1 saturated heterocycles. The summed E-state index contributed by atoms with van der Waals surface area (Å²) in [6.07, 6.45) is 0.806. The zero-order valence-corrected chi connectivity index (χ0v) is 16.1. The summed E-state index contributed by atoms with van der Waals surface area (Å²) < 4.78 is 0. The molecule has 140 valence electrons. The molecule has 2 aromatic rings. The topological polar surface area (TPSA) is 43.9 Å². The molecular weight excluding hydrogens is 362 g/mol. The zero-order chi connectivity index (χ0) is 19.0. The lowest BCUT2D eigenvalue weighted by molar-refractivity contribution is -0.116. The highest BCUT2D eigenvalue weighted by Gasteiger charge is 2.26. The Morgan fingerprint density at radius 2 is 1.63 bits per heavy atom. The van der Waals surface area contributed by atoms with Crippen LogP contribution in [0.15, 0.2) is 42.5 Å². The average Bonchev–Trinajstić information content (AvgIpc) is 3.12. The molecule has 0 spiro atoms. The fourth-order valence-electron chi connectivity index (χ4n) is 3.86. The van der Waals surface area contributed by atoms with Gasteiger partial charge in [-0.05, 0) is 54.4 Å². The van der Waals surface area contributed by atoms with E-state index in [9.17, 15) is 9.59 Å². The van der Waals surface area contributed by atoms with Crippen LogP contribution in [0.2, 0.25) is 5.02 Å². The predicted molar refractivity (Wildman–Crippen MR) is 108 cm³/mol. The van der Waals surface area contributed by atoms with Crippen molar-refractivity contribution in [3.8, 4) is 0 Å². The number of rotatable bonds is 2. The van der Waals surface area contributed by atoms with Crippen molar-refractivity contribution in [3.05, 3.63) is 58.6 Å². The van der Waals surface area contributed by atoms with E-state index in [0.717, 1.165) is 41.5 Å². The molecule has 0 radical (unpaired) electrons. The number of benzene rings is 2. The number of hydrogen-bond donors (Lipinski definition) is 0. The Morgan fingerprint density at radius 3 is 2.30 bits per heavy atom. The monoisotopic (exact) mass is 383 g/mol. The van der Waals surface area contributed by atoms with Crippen LogP contribution in [0.3, 0.4) is 0 Å². The maximum Gasteiger partial charge on any atom is 0.253 e. The van der Waals surface area contributed by atoms with Crippen molar-refractivity contribution in [2.75, 3.05) is 42.5 Å². The van der Waals surface area contributed by atoms with Crippen LogP contribution in [0, 0.1) is 0 Å². The van der Waals surface area contributed by atoms with Crippen LogP contribution in [-0.4, -0.2) is 49.4 Å². The van der Waals surface area contributed by atoms with Gasteiger partial charge in [0, 0.05) is 61.6 Å². The Labute approximate surface area is 164 Å². The van der Waals surface area contributed by atoms with Crippen molar-refractivity contribution in [2.45, 2.75) is 13.3 Å². The molecule has 0 unspecified atom stereocenters. The van der Waals surface area contributed by atoms with E-state index in [1.165, 1.54) is 0 Å². The van der Waals surface area contributed by atoms with Crippen LogP contribution < -0.4 is 9.80 Å². The normalized spacial score (nSPS) is 16.4. The number of amides is 2. The summed E-state index contributed by atoms with van der Waals surface area (Å²) in [6.45, 7) is 5.26. The Balaban J connectivity index is 1.43. The zero-order valence-electron chi connectivity index (χ0n) is 15.3. The number of piperazine rings is 1. The molecule has 1 fully saturated rings. The second-order valence-corrected chi connectivity index (χ2v) is 7.46. The van der Waals surface area contributed by atoms with Crippen LogP contribution in [0.5, 0.6) is 0 Å². The van der Waals surface area contributed by atoms with E-state index in [2.05, 4.69) is 4.90 Å². The molecule has 0 bridgehead atoms. The van der Waals surface area contributed by atoms with Gasteiger partial charge in [-0.15, -0.1) is 0 Å². The first-order chi connectivity index (χ1) is 13.0. The second kappa shape index (κ2) is 7.24. The van der Waals surface area contributed by atoms with E-state index >= 15 is 0 Å². The van der Waals surface area contributed by atoms with Gasteiger partial charge in [-0.3, -0.25) is 9.59 Å². The van der Waals surface area contributed by atoms with Gasteiger partial charge in [0.15, 0.2) is 0 Å². The Morgan fingerprint density at radius 1 is 0.926 bits per heavy atom. The van der Waals surface area contributed by atoms with Gasteiger partial charge in [-0.2, -0.15) is 0 Å². The number of carbonyl (C=O) groups excluding carboxylic acids is 2. The predicted octanol–water partition coefficient (Wildman–Crippen LogP) is 3.21. The van der Waals surface area contributed by atoms with Crippen molar-refractivity contribution in [3.63, 3.8) is 0 Å². The third kappa shape index (κ3) is 3.52. The molecule has 0 N–H and O–H groups in total. The Hall–Kier alpha value is -2.53. The van der Waals surface area contributed by atoms with Crippen LogP contribution in [-0.2, 0) is 11.2 Å². The number of anilines is 2. The van der Waals surface area contributed by atoms with E-state index in [1.807, 2.05) is 47.4 Å². The molecule has 2 heterocycles. The fraction of sp³-hybridized carbons (Fsp3) is 0.333. The van der Waals surface area contributed by atoms with Gasteiger partial charge >= 0.3 is 0 Å². The minimum Gasteiger partial charge on any atom is -0.368 e. The third-order valence-electron chi connectivity index (χ3n) is 5.36. The first kappa shape index (κ1) is 17.9. The summed E-state index contributed by atoms with van der Waals surface area (Å²) in [5.41, 5.74) is 3.86. The fourth-order valence-corrected chi connectivity index (χ4v) is 3.99. The summed E-state index contributed by atoms with van der Waals surface area (Å²) in [5.74, 6) is 0.112. The lowest BCUT2D eigenvalue weighted by Crippen LogP contribution is -2.48. The lowest BCUT2D eigenvalue weighted by atomic mass is 10.1. The smallest absolute Gasteiger partial charge is 0.253 e. The maximum absolute atomic E-state index is 12.9. The average molecular weight is 384 g/mol. The first-order valence-corrected chi connectivity index (χ1v) is 9.61. The molecule has 2 amide bonds. The number of nitrogens with zero attached hydrogens (tertiary/aromatic N) is 3. The van der Waals surface area contributed by atoms with Gasteiger partial charge in [0.05, 0.1) is 0 Å². The highest BCUT2D eigenvalue weighted by molar-refractivity contribution is 6.30. The highest BCUT2D eigenvalue weighted by atomic mass is 35.5. The van der Waals surface area contributed by atoms with E-state index in [1.54, 1.807) is 11.8 Å². The van der Waals surface area contributed by atoms with Crippen molar-refractivity contribution in [2.24, 2.45) is 0 Å². The SMILES string of the molecule is CC(=O)N1CCc2cc(C(=O)N3CCN(c4ccc(Cl)cc4)CC3)ccc21. The number of carbonyl (C=O) groups is 2. The summed E-state index contributed by atoms with van der Waals surface area (Å²) in [4.78, 5) is 30.5. The Kier molecular flexibility index (Phi) is 4.79. The van der Waals surface area contributed by atoms with Gasteiger partial charge in [-0.1, -0.05) is 11.6 Å². The molecule has 6 heteroatoms. The van der Waals surface area contributed by atoms with Crippen molar-refractivity contribution >= 4 is 34.8 Å². The molecule has 0 saturated carbocycles. The van der Waals surface area contributed by atoms with E-state index < -0.39 is 0 Å². The molecule has 0 aromatic heterocycles. The summed E-state index contributed by atoms with van der Waals surface area (Å²) in [6, 6.07) is 13.5. The molecule has 0 aliphatic carbocycles. The van der Waals surface area contributed by atoms with Gasteiger partial charge in [0.25, 0.3) is 5.91 Å². The summed E-state index contributed by atoms with van der Waals surface area (Å²) >= 11 is 5.96. The van der Waals surface area contributed by atoms with Crippen LogP contribution in [0.1, 0.15) is 22.8 Å².